The molecule has 0 saturated carbocycles. The van der Waals surface area contributed by atoms with Crippen molar-refractivity contribution >= 4 is 9.84 Å². The van der Waals surface area contributed by atoms with Crippen LogP contribution in [0.2, 0.25) is 0 Å². The quantitative estimate of drug-likeness (QED) is 0.586. The van der Waals surface area contributed by atoms with Crippen LogP contribution < -0.4 is 5.32 Å². The Morgan fingerprint density at radius 1 is 1.25 bits per heavy atom. The minimum absolute atomic E-state index is 0.0791. The van der Waals surface area contributed by atoms with Crippen molar-refractivity contribution in [3.63, 3.8) is 0 Å². The van der Waals surface area contributed by atoms with Gasteiger partial charge in [-0.3, -0.25) is 0 Å². The van der Waals surface area contributed by atoms with Crippen LogP contribution in [0, 0.1) is 0 Å². The SMILES string of the molecule is CCCS(=O)(=O)CCNCCOCC(F)F. The summed E-state index contributed by atoms with van der Waals surface area (Å²) in [4.78, 5) is 0. The smallest absolute Gasteiger partial charge is 0.261 e. The Hall–Kier alpha value is -0.270. The van der Waals surface area contributed by atoms with Crippen LogP contribution in [0.3, 0.4) is 0 Å². The molecular formula is C9H19F2NO3S. The molecule has 0 atom stereocenters. The fraction of sp³-hybridized carbons (Fsp3) is 1.00. The Morgan fingerprint density at radius 2 is 1.94 bits per heavy atom. The van der Waals surface area contributed by atoms with Gasteiger partial charge in [0.2, 0.25) is 0 Å². The van der Waals surface area contributed by atoms with Crippen molar-refractivity contribution in [1.82, 2.24) is 5.32 Å². The van der Waals surface area contributed by atoms with E-state index in [9.17, 15) is 17.2 Å². The van der Waals surface area contributed by atoms with E-state index in [4.69, 9.17) is 0 Å². The van der Waals surface area contributed by atoms with E-state index in [1.165, 1.54) is 0 Å². The van der Waals surface area contributed by atoms with Crippen LogP contribution in [0.15, 0.2) is 0 Å². The van der Waals surface area contributed by atoms with Crippen molar-refractivity contribution in [3.8, 4) is 0 Å². The van der Waals surface area contributed by atoms with Gasteiger partial charge >= 0.3 is 0 Å². The largest absolute Gasteiger partial charge is 0.374 e. The van der Waals surface area contributed by atoms with Crippen LogP contribution in [-0.4, -0.2) is 52.7 Å². The predicted molar refractivity (Wildman–Crippen MR) is 58.6 cm³/mol. The molecule has 0 bridgehead atoms. The first-order valence-electron chi connectivity index (χ1n) is 5.25. The number of rotatable bonds is 10. The number of sulfone groups is 1. The molecule has 0 aromatic carbocycles. The van der Waals surface area contributed by atoms with Crippen molar-refractivity contribution in [2.75, 3.05) is 37.8 Å². The third-order valence-electron chi connectivity index (χ3n) is 1.77. The van der Waals surface area contributed by atoms with Crippen molar-refractivity contribution in [2.45, 2.75) is 19.8 Å². The summed E-state index contributed by atoms with van der Waals surface area (Å²) >= 11 is 0. The van der Waals surface area contributed by atoms with Gasteiger partial charge in [0.1, 0.15) is 6.61 Å². The van der Waals surface area contributed by atoms with Gasteiger partial charge in [-0.1, -0.05) is 6.92 Å². The lowest BCUT2D eigenvalue weighted by Crippen LogP contribution is -2.27. The van der Waals surface area contributed by atoms with E-state index >= 15 is 0 Å². The Kier molecular flexibility index (Phi) is 8.68. The molecule has 0 amide bonds. The van der Waals surface area contributed by atoms with Gasteiger partial charge < -0.3 is 10.1 Å². The lowest BCUT2D eigenvalue weighted by Gasteiger charge is -2.06. The molecule has 4 nitrogen and oxygen atoms in total. The maximum atomic E-state index is 11.6. The summed E-state index contributed by atoms with van der Waals surface area (Å²) in [6.45, 7) is 2.12. The summed E-state index contributed by atoms with van der Waals surface area (Å²) < 4.78 is 50.3. The summed E-state index contributed by atoms with van der Waals surface area (Å²) in [5.41, 5.74) is 0. The van der Waals surface area contributed by atoms with Gasteiger partial charge in [-0.15, -0.1) is 0 Å². The Labute approximate surface area is 95.3 Å². The highest BCUT2D eigenvalue weighted by atomic mass is 32.2. The van der Waals surface area contributed by atoms with E-state index in [1.807, 2.05) is 6.92 Å². The average Bonchev–Trinajstić information content (AvgIpc) is 2.15. The summed E-state index contributed by atoms with van der Waals surface area (Å²) in [6, 6.07) is 0. The fourth-order valence-corrected chi connectivity index (χ4v) is 2.36. The lowest BCUT2D eigenvalue weighted by molar-refractivity contribution is 0.0189. The van der Waals surface area contributed by atoms with E-state index in [0.29, 0.717) is 19.5 Å². The fourth-order valence-electron chi connectivity index (χ4n) is 1.08. The second-order valence-corrected chi connectivity index (χ2v) is 5.67. The topological polar surface area (TPSA) is 55.4 Å². The van der Waals surface area contributed by atoms with Crippen LogP contribution in [-0.2, 0) is 14.6 Å². The van der Waals surface area contributed by atoms with Gasteiger partial charge in [0.05, 0.1) is 12.4 Å². The van der Waals surface area contributed by atoms with Crippen molar-refractivity contribution < 1.29 is 21.9 Å². The minimum atomic E-state index is -2.96. The van der Waals surface area contributed by atoms with Gasteiger partial charge in [0, 0.05) is 18.8 Å². The molecule has 0 aliphatic heterocycles. The normalized spacial score (nSPS) is 12.2. The molecule has 0 aromatic heterocycles. The molecule has 0 aliphatic carbocycles. The summed E-state index contributed by atoms with van der Waals surface area (Å²) in [6.07, 6.45) is -1.84. The highest BCUT2D eigenvalue weighted by Crippen LogP contribution is 1.93. The lowest BCUT2D eigenvalue weighted by atomic mass is 10.6. The van der Waals surface area contributed by atoms with Gasteiger partial charge in [-0.25, -0.2) is 17.2 Å². The van der Waals surface area contributed by atoms with E-state index in [2.05, 4.69) is 10.1 Å². The molecule has 7 heteroatoms. The molecule has 98 valence electrons. The monoisotopic (exact) mass is 259 g/mol. The van der Waals surface area contributed by atoms with E-state index < -0.39 is 22.9 Å². The van der Waals surface area contributed by atoms with Crippen molar-refractivity contribution in [3.05, 3.63) is 0 Å². The minimum Gasteiger partial charge on any atom is -0.374 e. The standard InChI is InChI=1S/C9H19F2NO3S/c1-2-6-16(13,14)7-4-12-3-5-15-8-9(10)11/h9,12H,2-8H2,1H3. The predicted octanol–water partition coefficient (Wildman–Crippen LogP) is 0.683. The molecule has 0 aromatic rings. The zero-order valence-corrected chi connectivity index (χ0v) is 10.2. The number of nitrogens with one attached hydrogen (secondary N) is 1. The number of hydrogen-bond acceptors (Lipinski definition) is 4. The molecular weight excluding hydrogens is 240 g/mol. The zero-order chi connectivity index (χ0) is 12.4. The summed E-state index contributed by atoms with van der Waals surface area (Å²) in [5, 5.41) is 2.82. The van der Waals surface area contributed by atoms with Crippen LogP contribution in [0.4, 0.5) is 8.78 Å². The molecule has 1 N–H and O–H groups in total. The number of halogens is 2. The van der Waals surface area contributed by atoms with Crippen LogP contribution in [0.1, 0.15) is 13.3 Å². The molecule has 0 heterocycles. The molecule has 16 heavy (non-hydrogen) atoms. The summed E-state index contributed by atoms with van der Waals surface area (Å²) in [5.74, 6) is 0.270. The van der Waals surface area contributed by atoms with E-state index in [0.717, 1.165) is 0 Å². The Balaban J connectivity index is 3.33. The van der Waals surface area contributed by atoms with Crippen LogP contribution >= 0.6 is 0 Å². The second kappa shape index (κ2) is 8.83. The first kappa shape index (κ1) is 15.7. The molecule has 0 radical (unpaired) electrons. The first-order chi connectivity index (χ1) is 7.48. The Morgan fingerprint density at radius 3 is 2.50 bits per heavy atom. The zero-order valence-electron chi connectivity index (χ0n) is 9.42. The molecule has 0 fully saturated rings. The number of alkyl halides is 2. The molecule has 0 unspecified atom stereocenters. The highest BCUT2D eigenvalue weighted by Gasteiger charge is 2.07. The number of ether oxygens (including phenoxy) is 1. The third-order valence-corrected chi connectivity index (χ3v) is 3.63. The maximum Gasteiger partial charge on any atom is 0.261 e. The van der Waals surface area contributed by atoms with Crippen LogP contribution in [0.5, 0.6) is 0 Å². The van der Waals surface area contributed by atoms with Crippen molar-refractivity contribution in [1.29, 1.82) is 0 Å². The molecule has 0 rings (SSSR count). The molecule has 0 spiro atoms. The third kappa shape index (κ3) is 10.3. The average molecular weight is 259 g/mol. The van der Waals surface area contributed by atoms with E-state index in [-0.39, 0.29) is 18.1 Å². The first-order valence-corrected chi connectivity index (χ1v) is 7.07. The number of hydrogen-bond donors (Lipinski definition) is 1. The molecule has 0 saturated heterocycles. The molecule has 0 aliphatic rings. The van der Waals surface area contributed by atoms with E-state index in [1.54, 1.807) is 0 Å². The van der Waals surface area contributed by atoms with Gasteiger partial charge in [-0.05, 0) is 6.42 Å². The maximum absolute atomic E-state index is 11.6. The Bertz CT molecular complexity index is 257. The van der Waals surface area contributed by atoms with Crippen molar-refractivity contribution in [2.24, 2.45) is 0 Å². The summed E-state index contributed by atoms with van der Waals surface area (Å²) in [7, 11) is -2.96. The van der Waals surface area contributed by atoms with Gasteiger partial charge in [0.25, 0.3) is 6.43 Å². The van der Waals surface area contributed by atoms with Crippen LogP contribution in [0.25, 0.3) is 0 Å². The highest BCUT2D eigenvalue weighted by molar-refractivity contribution is 7.91. The van der Waals surface area contributed by atoms with Gasteiger partial charge in [-0.2, -0.15) is 0 Å². The second-order valence-electron chi connectivity index (χ2n) is 3.37. The van der Waals surface area contributed by atoms with Gasteiger partial charge in [0.15, 0.2) is 9.84 Å².